The van der Waals surface area contributed by atoms with Crippen molar-refractivity contribution in [2.75, 3.05) is 0 Å². The van der Waals surface area contributed by atoms with Crippen LogP contribution in [-0.4, -0.2) is 67.1 Å². The maximum atomic E-state index is 8.88. The molecule has 0 aliphatic heterocycles. The van der Waals surface area contributed by atoms with Crippen LogP contribution in [0.25, 0.3) is 0 Å². The second-order valence-electron chi connectivity index (χ2n) is 1.03. The van der Waals surface area contributed by atoms with Gasteiger partial charge in [0.15, 0.2) is 0 Å². The maximum absolute atomic E-state index is 8.88. The van der Waals surface area contributed by atoms with Crippen LogP contribution in [0.4, 0.5) is 0 Å². The SMILES string of the molecule is O=P(O)(O)O.O=P(O)(O)O.[Ca+2].[H-].[H-].[Zn].[Zn].[Zn]. The standard InChI is InChI=1S/Ca.2H3O4P.3Zn.2H/c;2*1-5(2,3)4;;;;;/h;2*(H3,1,2,3,4);;;;;/q+2;;;;;;2*-1. The van der Waals surface area contributed by atoms with E-state index >= 15 is 0 Å². The first-order valence-electron chi connectivity index (χ1n) is 1.57. The number of hydrogen-bond donors (Lipinski definition) is 6. The summed E-state index contributed by atoms with van der Waals surface area (Å²) in [6.45, 7) is 0. The smallest absolute Gasteiger partial charge is 1.00 e. The van der Waals surface area contributed by atoms with Gasteiger partial charge in [-0.2, -0.15) is 0 Å². The molecule has 0 aromatic carbocycles. The van der Waals surface area contributed by atoms with Gasteiger partial charge in [0.1, 0.15) is 0 Å². The van der Waals surface area contributed by atoms with Gasteiger partial charge in [0, 0.05) is 58.4 Å². The summed E-state index contributed by atoms with van der Waals surface area (Å²) in [7, 11) is -9.28. The van der Waals surface area contributed by atoms with E-state index in [4.69, 9.17) is 38.5 Å². The van der Waals surface area contributed by atoms with Gasteiger partial charge in [-0.15, -0.1) is 0 Å². The summed E-state index contributed by atoms with van der Waals surface area (Å²) in [5.41, 5.74) is 0. The molecular formula is H8CaO8P2Zn3. The van der Waals surface area contributed by atoms with E-state index in [-0.39, 0.29) is 99.0 Å². The molecule has 14 heavy (non-hydrogen) atoms. The first-order valence-corrected chi connectivity index (χ1v) is 4.70. The molecule has 0 aromatic heterocycles. The van der Waals surface area contributed by atoms with Crippen molar-refractivity contribution < 1.29 is 99.8 Å². The third kappa shape index (κ3) is 282. The number of hydrogen-bond acceptors (Lipinski definition) is 2. The van der Waals surface area contributed by atoms with Crippen molar-refractivity contribution in [2.45, 2.75) is 0 Å². The molecule has 0 radical (unpaired) electrons. The quantitative estimate of drug-likeness (QED) is 0.189. The zero-order valence-corrected chi connectivity index (χ0v) is 20.1. The molecule has 0 fully saturated rings. The molecule has 0 rings (SSSR count). The summed E-state index contributed by atoms with van der Waals surface area (Å²) in [6.07, 6.45) is 0. The predicted molar refractivity (Wildman–Crippen MR) is 36.5 cm³/mol. The predicted octanol–water partition coefficient (Wildman–Crippen LogP) is -2.02. The van der Waals surface area contributed by atoms with Crippen molar-refractivity contribution in [3.8, 4) is 0 Å². The molecule has 0 spiro atoms. The molecule has 0 saturated heterocycles. The summed E-state index contributed by atoms with van der Waals surface area (Å²) in [6, 6.07) is 0. The van der Waals surface area contributed by atoms with E-state index in [1.165, 1.54) is 0 Å². The van der Waals surface area contributed by atoms with Gasteiger partial charge in [0.2, 0.25) is 0 Å². The minimum absolute atomic E-state index is 0. The van der Waals surface area contributed by atoms with E-state index < -0.39 is 15.6 Å². The molecule has 0 aromatic rings. The summed E-state index contributed by atoms with van der Waals surface area (Å²) in [5, 5.41) is 0. The Kier molecular flexibility index (Phi) is 42.0. The average Bonchev–Trinajstić information content (AvgIpc) is 1.12. The second-order valence-corrected chi connectivity index (χ2v) is 3.08. The third-order valence-corrected chi connectivity index (χ3v) is 0. The summed E-state index contributed by atoms with van der Waals surface area (Å²) < 4.78 is 17.8. The Morgan fingerprint density at radius 2 is 0.643 bits per heavy atom. The first kappa shape index (κ1) is 36.0. The minimum Gasteiger partial charge on any atom is -1.00 e. The molecule has 74 valence electrons. The summed E-state index contributed by atoms with van der Waals surface area (Å²) in [5.74, 6) is 0. The fourth-order valence-electron chi connectivity index (χ4n) is 0. The molecule has 0 bridgehead atoms. The average molecular weight is 434 g/mol. The van der Waals surface area contributed by atoms with Crippen molar-refractivity contribution in [3.05, 3.63) is 0 Å². The molecule has 0 aliphatic carbocycles. The number of phosphoric acid groups is 2. The molecule has 6 N–H and O–H groups in total. The molecule has 0 atom stereocenters. The van der Waals surface area contributed by atoms with Crippen molar-refractivity contribution in [1.82, 2.24) is 0 Å². The van der Waals surface area contributed by atoms with Gasteiger partial charge in [-0.3, -0.25) is 0 Å². The van der Waals surface area contributed by atoms with Crippen LogP contribution in [0.3, 0.4) is 0 Å². The molecule has 14 heteroatoms. The van der Waals surface area contributed by atoms with Crippen LogP contribution in [-0.2, 0) is 67.6 Å². The fourth-order valence-corrected chi connectivity index (χ4v) is 0. The van der Waals surface area contributed by atoms with Crippen LogP contribution < -0.4 is 0 Å². The van der Waals surface area contributed by atoms with Gasteiger partial charge >= 0.3 is 53.4 Å². The Bertz CT molecular complexity index is 144. The van der Waals surface area contributed by atoms with Crippen LogP contribution >= 0.6 is 15.6 Å². The molecule has 8 nitrogen and oxygen atoms in total. The van der Waals surface area contributed by atoms with E-state index in [0.29, 0.717) is 0 Å². The zero-order valence-electron chi connectivity index (χ0n) is 9.22. The molecule has 0 aliphatic rings. The number of rotatable bonds is 0. The van der Waals surface area contributed by atoms with Gasteiger partial charge in [0.25, 0.3) is 0 Å². The van der Waals surface area contributed by atoms with E-state index in [9.17, 15) is 0 Å². The normalized spacial score (nSPS) is 8.43. The van der Waals surface area contributed by atoms with Crippen LogP contribution in [0.15, 0.2) is 0 Å². The Balaban J connectivity index is -0.00000000970. The zero-order chi connectivity index (χ0) is 9.00. The van der Waals surface area contributed by atoms with Gasteiger partial charge < -0.3 is 32.2 Å². The van der Waals surface area contributed by atoms with Gasteiger partial charge in [-0.1, -0.05) is 0 Å². The van der Waals surface area contributed by atoms with Gasteiger partial charge in [-0.05, 0) is 0 Å². The Morgan fingerprint density at radius 1 is 0.643 bits per heavy atom. The molecule has 0 saturated carbocycles. The van der Waals surface area contributed by atoms with Gasteiger partial charge in [0.05, 0.1) is 0 Å². The maximum Gasteiger partial charge on any atom is 2.00 e. The van der Waals surface area contributed by atoms with E-state index in [1.807, 2.05) is 0 Å². The van der Waals surface area contributed by atoms with E-state index in [1.54, 1.807) is 0 Å². The van der Waals surface area contributed by atoms with Crippen molar-refractivity contribution in [1.29, 1.82) is 0 Å². The van der Waals surface area contributed by atoms with Crippen LogP contribution in [0.1, 0.15) is 2.85 Å². The molecule has 0 unspecified atom stereocenters. The third-order valence-electron chi connectivity index (χ3n) is 0. The van der Waals surface area contributed by atoms with Crippen LogP contribution in [0.5, 0.6) is 0 Å². The van der Waals surface area contributed by atoms with Crippen molar-refractivity contribution >= 4 is 53.4 Å². The summed E-state index contributed by atoms with van der Waals surface area (Å²) >= 11 is 0. The second kappa shape index (κ2) is 16.3. The molecular weight excluding hydrogens is 426 g/mol. The van der Waals surface area contributed by atoms with E-state index in [0.717, 1.165) is 0 Å². The first-order chi connectivity index (χ1) is 4.00. The van der Waals surface area contributed by atoms with Crippen molar-refractivity contribution in [2.24, 2.45) is 0 Å². The largest absolute Gasteiger partial charge is 2.00 e. The Morgan fingerprint density at radius 3 is 0.643 bits per heavy atom. The van der Waals surface area contributed by atoms with Crippen LogP contribution in [0.2, 0.25) is 0 Å². The van der Waals surface area contributed by atoms with Crippen LogP contribution in [0, 0.1) is 0 Å². The van der Waals surface area contributed by atoms with Gasteiger partial charge in [-0.25, -0.2) is 9.13 Å². The Hall–Kier alpha value is 3.35. The molecule has 0 heterocycles. The summed E-state index contributed by atoms with van der Waals surface area (Å²) in [4.78, 5) is 43.1. The Labute approximate surface area is 151 Å². The van der Waals surface area contributed by atoms with E-state index in [2.05, 4.69) is 0 Å². The monoisotopic (exact) mass is 430 g/mol. The minimum atomic E-state index is -4.64. The topological polar surface area (TPSA) is 156 Å². The van der Waals surface area contributed by atoms with Crippen molar-refractivity contribution in [3.63, 3.8) is 0 Å². The fraction of sp³-hybridized carbons (Fsp3) is 0. The molecule has 0 amide bonds.